The Morgan fingerprint density at radius 1 is 1.27 bits per heavy atom. The fourth-order valence-corrected chi connectivity index (χ4v) is 2.88. The maximum atomic E-state index is 12.3. The number of H-pyrrole nitrogens is 1. The van der Waals surface area contributed by atoms with Crippen molar-refractivity contribution < 1.29 is 4.79 Å². The second kappa shape index (κ2) is 6.70. The van der Waals surface area contributed by atoms with Crippen LogP contribution in [0.3, 0.4) is 0 Å². The van der Waals surface area contributed by atoms with Crippen LogP contribution in [0, 0.1) is 0 Å². The number of likely N-dealkylation sites (tertiary alicyclic amines) is 1. The van der Waals surface area contributed by atoms with Crippen LogP contribution < -0.4 is 0 Å². The highest BCUT2D eigenvalue weighted by atomic mass is 16.2. The van der Waals surface area contributed by atoms with E-state index in [9.17, 15) is 4.79 Å². The highest BCUT2D eigenvalue weighted by Gasteiger charge is 2.17. The lowest BCUT2D eigenvalue weighted by atomic mass is 10.1. The van der Waals surface area contributed by atoms with Crippen molar-refractivity contribution in [2.24, 2.45) is 0 Å². The molecule has 1 fully saturated rings. The molecule has 1 amide bonds. The van der Waals surface area contributed by atoms with E-state index in [1.54, 1.807) is 11.9 Å². The first-order valence-corrected chi connectivity index (χ1v) is 7.64. The molecule has 1 N–H and O–H groups in total. The van der Waals surface area contributed by atoms with Gasteiger partial charge in [-0.15, -0.1) is 0 Å². The number of amides is 1. The number of nitrogens with zero attached hydrogens (tertiary/aromatic N) is 4. The zero-order valence-corrected chi connectivity index (χ0v) is 12.8. The van der Waals surface area contributed by atoms with Crippen LogP contribution in [0.2, 0.25) is 0 Å². The Hall–Kier alpha value is -2.21. The Morgan fingerprint density at radius 3 is 2.68 bits per heavy atom. The summed E-state index contributed by atoms with van der Waals surface area (Å²) >= 11 is 0. The van der Waals surface area contributed by atoms with E-state index in [1.165, 1.54) is 43.3 Å². The summed E-state index contributed by atoms with van der Waals surface area (Å²) in [5, 5.41) is 10.0. The first-order valence-electron chi connectivity index (χ1n) is 7.64. The minimum Gasteiger partial charge on any atom is -0.336 e. The second-order valence-electron chi connectivity index (χ2n) is 5.77. The van der Waals surface area contributed by atoms with Gasteiger partial charge in [0.25, 0.3) is 5.91 Å². The quantitative estimate of drug-likeness (QED) is 0.912. The molecule has 1 aromatic heterocycles. The third kappa shape index (κ3) is 3.33. The van der Waals surface area contributed by atoms with Gasteiger partial charge in [-0.2, -0.15) is 15.4 Å². The predicted octanol–water partition coefficient (Wildman–Crippen LogP) is 1.67. The van der Waals surface area contributed by atoms with E-state index in [1.807, 2.05) is 6.07 Å². The summed E-state index contributed by atoms with van der Waals surface area (Å²) in [5.74, 6) is -0.121. The Morgan fingerprint density at radius 2 is 2.00 bits per heavy atom. The summed E-state index contributed by atoms with van der Waals surface area (Å²) in [6, 6.07) is 8.34. The summed E-state index contributed by atoms with van der Waals surface area (Å²) in [6.07, 6.45) is 4.02. The molecule has 1 aromatic carbocycles. The van der Waals surface area contributed by atoms with Gasteiger partial charge in [0.05, 0.1) is 6.20 Å². The van der Waals surface area contributed by atoms with Crippen molar-refractivity contribution in [2.45, 2.75) is 25.9 Å². The molecule has 22 heavy (non-hydrogen) atoms. The molecule has 0 bridgehead atoms. The van der Waals surface area contributed by atoms with Crippen molar-refractivity contribution in [2.75, 3.05) is 20.1 Å². The maximum Gasteiger partial charge on any atom is 0.276 e. The minimum atomic E-state index is -0.121. The Kier molecular flexibility index (Phi) is 4.48. The molecular formula is C16H21N5O. The topological polar surface area (TPSA) is 65.1 Å². The molecule has 0 unspecified atom stereocenters. The number of rotatable bonds is 5. The van der Waals surface area contributed by atoms with Crippen molar-refractivity contribution in [1.29, 1.82) is 0 Å². The van der Waals surface area contributed by atoms with E-state index < -0.39 is 0 Å². The smallest absolute Gasteiger partial charge is 0.276 e. The van der Waals surface area contributed by atoms with Crippen LogP contribution in [-0.4, -0.2) is 51.3 Å². The van der Waals surface area contributed by atoms with E-state index in [0.29, 0.717) is 12.2 Å². The lowest BCUT2D eigenvalue weighted by Crippen LogP contribution is -2.27. The largest absolute Gasteiger partial charge is 0.336 e. The SMILES string of the molecule is CN(Cc1ccccc1CN1CCCC1)C(=O)c1cn[nH]n1. The lowest BCUT2D eigenvalue weighted by molar-refractivity contribution is 0.0778. The number of aromatic amines is 1. The third-order valence-corrected chi connectivity index (χ3v) is 4.10. The van der Waals surface area contributed by atoms with E-state index in [4.69, 9.17) is 0 Å². The van der Waals surface area contributed by atoms with Gasteiger partial charge in [-0.3, -0.25) is 9.69 Å². The monoisotopic (exact) mass is 299 g/mol. The van der Waals surface area contributed by atoms with Gasteiger partial charge >= 0.3 is 0 Å². The van der Waals surface area contributed by atoms with Gasteiger partial charge in [-0.1, -0.05) is 24.3 Å². The average Bonchev–Trinajstić information content (AvgIpc) is 3.21. The van der Waals surface area contributed by atoms with E-state index in [2.05, 4.69) is 38.5 Å². The van der Waals surface area contributed by atoms with Gasteiger partial charge in [0.2, 0.25) is 0 Å². The van der Waals surface area contributed by atoms with Gasteiger partial charge in [0.15, 0.2) is 5.69 Å². The molecule has 0 radical (unpaired) electrons. The second-order valence-corrected chi connectivity index (χ2v) is 5.77. The van der Waals surface area contributed by atoms with Gasteiger partial charge in [0.1, 0.15) is 0 Å². The number of carbonyl (C=O) groups is 1. The van der Waals surface area contributed by atoms with Crippen molar-refractivity contribution in [1.82, 2.24) is 25.2 Å². The van der Waals surface area contributed by atoms with Crippen LogP contribution in [0.5, 0.6) is 0 Å². The number of hydrogen-bond donors (Lipinski definition) is 1. The molecule has 2 aromatic rings. The molecule has 0 atom stereocenters. The van der Waals surface area contributed by atoms with Crippen LogP contribution in [0.4, 0.5) is 0 Å². The normalized spacial score (nSPS) is 15.1. The molecule has 0 aliphatic carbocycles. The van der Waals surface area contributed by atoms with Crippen molar-refractivity contribution in [3.8, 4) is 0 Å². The average molecular weight is 299 g/mol. The molecule has 116 valence electrons. The van der Waals surface area contributed by atoms with Crippen LogP contribution >= 0.6 is 0 Å². The highest BCUT2D eigenvalue weighted by Crippen LogP contribution is 2.17. The molecule has 1 saturated heterocycles. The van der Waals surface area contributed by atoms with E-state index in [0.717, 1.165) is 6.54 Å². The van der Waals surface area contributed by atoms with Crippen LogP contribution in [0.15, 0.2) is 30.5 Å². The number of nitrogens with one attached hydrogen (secondary N) is 1. The number of benzene rings is 1. The number of carbonyl (C=O) groups excluding carboxylic acids is 1. The zero-order valence-electron chi connectivity index (χ0n) is 12.8. The molecule has 0 saturated carbocycles. The van der Waals surface area contributed by atoms with Gasteiger partial charge in [-0.05, 0) is 37.1 Å². The Balaban J connectivity index is 1.70. The number of hydrogen-bond acceptors (Lipinski definition) is 4. The third-order valence-electron chi connectivity index (χ3n) is 4.10. The Bertz CT molecular complexity index is 619. The summed E-state index contributed by atoms with van der Waals surface area (Å²) in [5.41, 5.74) is 2.83. The molecule has 0 spiro atoms. The molecular weight excluding hydrogens is 278 g/mol. The lowest BCUT2D eigenvalue weighted by Gasteiger charge is -2.21. The van der Waals surface area contributed by atoms with Crippen LogP contribution in [-0.2, 0) is 13.1 Å². The fraction of sp³-hybridized carbons (Fsp3) is 0.438. The molecule has 6 nitrogen and oxygen atoms in total. The standard InChI is InChI=1S/C16H21N5O/c1-20(16(22)15-10-17-19-18-15)11-13-6-2-3-7-14(13)12-21-8-4-5-9-21/h2-3,6-7,10H,4-5,8-9,11-12H2,1H3,(H,17,18,19). The van der Waals surface area contributed by atoms with Crippen molar-refractivity contribution >= 4 is 5.91 Å². The summed E-state index contributed by atoms with van der Waals surface area (Å²) in [4.78, 5) is 16.4. The molecule has 3 rings (SSSR count). The molecule has 1 aliphatic rings. The zero-order chi connectivity index (χ0) is 15.4. The first-order chi connectivity index (χ1) is 10.7. The maximum absolute atomic E-state index is 12.3. The van der Waals surface area contributed by atoms with Gasteiger partial charge in [-0.25, -0.2) is 0 Å². The Labute approximate surface area is 130 Å². The van der Waals surface area contributed by atoms with E-state index >= 15 is 0 Å². The van der Waals surface area contributed by atoms with Crippen LogP contribution in [0.1, 0.15) is 34.5 Å². The van der Waals surface area contributed by atoms with Gasteiger partial charge < -0.3 is 4.90 Å². The summed E-state index contributed by atoms with van der Waals surface area (Å²) in [6.45, 7) is 3.88. The minimum absolute atomic E-state index is 0.121. The number of aromatic nitrogens is 3. The molecule has 6 heteroatoms. The van der Waals surface area contributed by atoms with Gasteiger partial charge in [0, 0.05) is 20.1 Å². The molecule has 2 heterocycles. The fourth-order valence-electron chi connectivity index (χ4n) is 2.88. The predicted molar refractivity (Wildman–Crippen MR) is 83.1 cm³/mol. The highest BCUT2D eigenvalue weighted by molar-refractivity contribution is 5.91. The summed E-state index contributed by atoms with van der Waals surface area (Å²) in [7, 11) is 1.80. The molecule has 1 aliphatic heterocycles. The van der Waals surface area contributed by atoms with Crippen molar-refractivity contribution in [3.63, 3.8) is 0 Å². The van der Waals surface area contributed by atoms with E-state index in [-0.39, 0.29) is 5.91 Å². The first kappa shape index (κ1) is 14.7. The van der Waals surface area contributed by atoms with Crippen LogP contribution in [0.25, 0.3) is 0 Å². The summed E-state index contributed by atoms with van der Waals surface area (Å²) < 4.78 is 0. The van der Waals surface area contributed by atoms with Crippen molar-refractivity contribution in [3.05, 3.63) is 47.3 Å².